The van der Waals surface area contributed by atoms with Gasteiger partial charge in [-0.1, -0.05) is 0 Å². The lowest BCUT2D eigenvalue weighted by Gasteiger charge is -2.09. The van der Waals surface area contributed by atoms with Crippen LogP contribution in [0, 0.1) is 0 Å². The average molecular weight is 233 g/mol. The van der Waals surface area contributed by atoms with Crippen LogP contribution in [-0.4, -0.2) is 53.2 Å². The van der Waals surface area contributed by atoms with Gasteiger partial charge >= 0.3 is 0 Å². The first-order chi connectivity index (χ1) is 7.81. The summed E-state index contributed by atoms with van der Waals surface area (Å²) in [7, 11) is 3.69. The average Bonchev–Trinajstić information content (AvgIpc) is 2.31. The maximum absolute atomic E-state index is 5.45. The summed E-state index contributed by atoms with van der Waals surface area (Å²) in [5.74, 6) is 0. The molecule has 0 radical (unpaired) electrons. The van der Waals surface area contributed by atoms with Crippen molar-refractivity contribution in [3.63, 3.8) is 0 Å². The summed E-state index contributed by atoms with van der Waals surface area (Å²) in [5.41, 5.74) is 0. The molecular weight excluding hydrogens is 206 g/mol. The molecule has 0 heterocycles. The fraction of sp³-hybridized carbons (Fsp3) is 1.00. The van der Waals surface area contributed by atoms with E-state index in [0.717, 1.165) is 39.1 Å². The van der Waals surface area contributed by atoms with E-state index in [0.29, 0.717) is 19.3 Å². The summed E-state index contributed by atoms with van der Waals surface area (Å²) in [4.78, 5) is 0. The van der Waals surface area contributed by atoms with E-state index >= 15 is 0 Å². The van der Waals surface area contributed by atoms with E-state index in [2.05, 4.69) is 12.2 Å². The Balaban J connectivity index is 2.93. The fourth-order valence-electron chi connectivity index (χ4n) is 1.26. The van der Waals surface area contributed by atoms with Crippen LogP contribution in [0.2, 0.25) is 0 Å². The Morgan fingerprint density at radius 2 is 1.56 bits per heavy atom. The van der Waals surface area contributed by atoms with Gasteiger partial charge in [0.1, 0.15) is 0 Å². The highest BCUT2D eigenvalue weighted by Gasteiger charge is 1.97. The Bertz CT molecular complexity index is 133. The van der Waals surface area contributed by atoms with Crippen molar-refractivity contribution in [3.05, 3.63) is 0 Å². The Hall–Kier alpha value is -0.160. The van der Waals surface area contributed by atoms with Crippen LogP contribution < -0.4 is 5.32 Å². The smallest absolute Gasteiger partial charge is 0.0700 e. The van der Waals surface area contributed by atoms with Gasteiger partial charge in [-0.25, -0.2) is 0 Å². The zero-order valence-corrected chi connectivity index (χ0v) is 11.0. The fourth-order valence-corrected chi connectivity index (χ4v) is 1.26. The molecule has 0 rings (SSSR count). The minimum Gasteiger partial charge on any atom is -0.385 e. The van der Waals surface area contributed by atoms with Crippen LogP contribution >= 0.6 is 0 Å². The highest BCUT2D eigenvalue weighted by molar-refractivity contribution is 4.55. The first kappa shape index (κ1) is 15.8. The Morgan fingerprint density at radius 1 is 0.938 bits per heavy atom. The van der Waals surface area contributed by atoms with Gasteiger partial charge < -0.3 is 19.5 Å². The Kier molecular flexibility index (Phi) is 12.8. The predicted octanol–water partition coefficient (Wildman–Crippen LogP) is 1.44. The summed E-state index contributed by atoms with van der Waals surface area (Å²) in [6.07, 6.45) is 3.22. The molecule has 0 aromatic heterocycles. The Morgan fingerprint density at radius 3 is 2.12 bits per heavy atom. The molecule has 16 heavy (non-hydrogen) atoms. The highest BCUT2D eigenvalue weighted by atomic mass is 16.5. The van der Waals surface area contributed by atoms with Crippen LogP contribution in [0.15, 0.2) is 0 Å². The second kappa shape index (κ2) is 12.9. The summed E-state index contributed by atoms with van der Waals surface area (Å²) >= 11 is 0. The van der Waals surface area contributed by atoms with E-state index in [1.54, 1.807) is 7.11 Å². The van der Waals surface area contributed by atoms with Crippen molar-refractivity contribution in [2.24, 2.45) is 0 Å². The normalized spacial score (nSPS) is 12.9. The van der Waals surface area contributed by atoms with Crippen LogP contribution in [0.5, 0.6) is 0 Å². The second-order valence-electron chi connectivity index (χ2n) is 3.90. The Labute approximate surface area is 99.6 Å². The summed E-state index contributed by atoms with van der Waals surface area (Å²) in [6.45, 7) is 5.91. The second-order valence-corrected chi connectivity index (χ2v) is 3.90. The molecule has 4 nitrogen and oxygen atoms in total. The molecule has 0 fully saturated rings. The molecule has 1 N–H and O–H groups in total. The van der Waals surface area contributed by atoms with Gasteiger partial charge in [0.2, 0.25) is 0 Å². The van der Waals surface area contributed by atoms with E-state index in [4.69, 9.17) is 14.2 Å². The third kappa shape index (κ3) is 11.9. The molecule has 0 aliphatic rings. The number of hydrogen-bond donors (Lipinski definition) is 1. The number of nitrogens with one attached hydrogen (secondary N) is 1. The first-order valence-electron chi connectivity index (χ1n) is 6.13. The summed E-state index contributed by atoms with van der Waals surface area (Å²) in [6, 6.07) is 0.578. The van der Waals surface area contributed by atoms with Gasteiger partial charge in [-0.2, -0.15) is 0 Å². The lowest BCUT2D eigenvalue weighted by molar-refractivity contribution is 0.0384. The van der Waals surface area contributed by atoms with Gasteiger partial charge in [0.25, 0.3) is 0 Å². The predicted molar refractivity (Wildman–Crippen MR) is 65.9 cm³/mol. The minimum atomic E-state index is 0.578. The van der Waals surface area contributed by atoms with Gasteiger partial charge in [-0.05, 0) is 33.2 Å². The van der Waals surface area contributed by atoms with E-state index in [9.17, 15) is 0 Å². The zero-order chi connectivity index (χ0) is 12.1. The SMILES string of the molecule is CNC(C)CCCOCCOCCCOC. The van der Waals surface area contributed by atoms with Gasteiger partial charge in [-0.3, -0.25) is 0 Å². The molecular formula is C12H27NO3. The third-order valence-electron chi connectivity index (χ3n) is 2.43. The van der Waals surface area contributed by atoms with Crippen molar-refractivity contribution in [2.45, 2.75) is 32.2 Å². The van der Waals surface area contributed by atoms with Crippen molar-refractivity contribution in [2.75, 3.05) is 47.2 Å². The van der Waals surface area contributed by atoms with Gasteiger partial charge in [0.05, 0.1) is 13.2 Å². The van der Waals surface area contributed by atoms with Crippen LogP contribution in [-0.2, 0) is 14.2 Å². The highest BCUT2D eigenvalue weighted by Crippen LogP contribution is 1.95. The van der Waals surface area contributed by atoms with Crippen LogP contribution in [0.25, 0.3) is 0 Å². The molecule has 0 amide bonds. The van der Waals surface area contributed by atoms with Gasteiger partial charge in [-0.15, -0.1) is 0 Å². The summed E-state index contributed by atoms with van der Waals surface area (Å²) < 4.78 is 15.7. The standard InChI is InChI=1S/C12H27NO3/c1-12(13-2)6-4-8-15-10-11-16-9-5-7-14-3/h12-13H,4-11H2,1-3H3. The quantitative estimate of drug-likeness (QED) is 0.518. The van der Waals surface area contributed by atoms with Crippen LogP contribution in [0.4, 0.5) is 0 Å². The van der Waals surface area contributed by atoms with E-state index < -0.39 is 0 Å². The molecule has 1 atom stereocenters. The van der Waals surface area contributed by atoms with Crippen molar-refractivity contribution in [1.29, 1.82) is 0 Å². The molecule has 0 aliphatic carbocycles. The molecule has 1 unspecified atom stereocenters. The van der Waals surface area contributed by atoms with Crippen LogP contribution in [0.1, 0.15) is 26.2 Å². The van der Waals surface area contributed by atoms with Crippen LogP contribution in [0.3, 0.4) is 0 Å². The lowest BCUT2D eigenvalue weighted by atomic mass is 10.2. The molecule has 0 spiro atoms. The molecule has 0 aliphatic heterocycles. The van der Waals surface area contributed by atoms with Crippen molar-refractivity contribution in [1.82, 2.24) is 5.32 Å². The molecule has 0 aromatic rings. The van der Waals surface area contributed by atoms with Gasteiger partial charge in [0, 0.05) is 33.0 Å². The maximum atomic E-state index is 5.45. The van der Waals surface area contributed by atoms with Crippen molar-refractivity contribution < 1.29 is 14.2 Å². The molecule has 0 saturated heterocycles. The monoisotopic (exact) mass is 233 g/mol. The molecule has 0 bridgehead atoms. The number of methoxy groups -OCH3 is 1. The largest absolute Gasteiger partial charge is 0.385 e. The van der Waals surface area contributed by atoms with E-state index in [1.165, 1.54) is 0 Å². The molecule has 0 saturated carbocycles. The van der Waals surface area contributed by atoms with Crippen molar-refractivity contribution >= 4 is 0 Å². The molecule has 4 heteroatoms. The van der Waals surface area contributed by atoms with E-state index in [-0.39, 0.29) is 0 Å². The zero-order valence-electron chi connectivity index (χ0n) is 11.0. The van der Waals surface area contributed by atoms with Gasteiger partial charge in [0.15, 0.2) is 0 Å². The first-order valence-corrected chi connectivity index (χ1v) is 6.13. The number of hydrogen-bond acceptors (Lipinski definition) is 4. The molecule has 98 valence electrons. The summed E-state index contributed by atoms with van der Waals surface area (Å²) in [5, 5.41) is 3.20. The number of ether oxygens (including phenoxy) is 3. The molecule has 0 aromatic carbocycles. The van der Waals surface area contributed by atoms with Crippen molar-refractivity contribution in [3.8, 4) is 0 Å². The lowest BCUT2D eigenvalue weighted by Crippen LogP contribution is -2.21. The number of rotatable bonds is 12. The van der Waals surface area contributed by atoms with E-state index in [1.807, 2.05) is 7.05 Å². The maximum Gasteiger partial charge on any atom is 0.0700 e. The minimum absolute atomic E-state index is 0.578. The third-order valence-corrected chi connectivity index (χ3v) is 2.43. The topological polar surface area (TPSA) is 39.7 Å².